The number of halogens is 3. The highest BCUT2D eigenvalue weighted by Gasteiger charge is 2.42. The minimum Gasteiger partial charge on any atom is -0.396 e. The molecule has 0 radical (unpaired) electrons. The first-order chi connectivity index (χ1) is 7.54. The lowest BCUT2D eigenvalue weighted by molar-refractivity contribution is -0.0457. The van der Waals surface area contributed by atoms with Crippen molar-refractivity contribution in [1.82, 2.24) is 0 Å². The molecule has 0 unspecified atom stereocenters. The van der Waals surface area contributed by atoms with Crippen molar-refractivity contribution in [2.75, 3.05) is 18.5 Å². The van der Waals surface area contributed by atoms with E-state index in [1.54, 1.807) is 12.1 Å². The van der Waals surface area contributed by atoms with Crippen molar-refractivity contribution in [3.05, 3.63) is 28.8 Å². The van der Waals surface area contributed by atoms with Crippen molar-refractivity contribution < 1.29 is 13.9 Å². The van der Waals surface area contributed by atoms with E-state index in [1.807, 2.05) is 0 Å². The van der Waals surface area contributed by atoms with Gasteiger partial charge in [-0.2, -0.15) is 0 Å². The SMILES string of the molecule is OC[C@@H]1c2cc(Cl)ccc2NCCC1(F)F. The smallest absolute Gasteiger partial charge is 0.258 e. The summed E-state index contributed by atoms with van der Waals surface area (Å²) in [6.07, 6.45) is -0.287. The lowest BCUT2D eigenvalue weighted by Crippen LogP contribution is -2.29. The van der Waals surface area contributed by atoms with Crippen LogP contribution in [0.15, 0.2) is 18.2 Å². The van der Waals surface area contributed by atoms with Crippen LogP contribution in [0.2, 0.25) is 5.02 Å². The first-order valence-electron chi connectivity index (χ1n) is 5.06. The molecule has 0 saturated carbocycles. The van der Waals surface area contributed by atoms with Gasteiger partial charge in [-0.1, -0.05) is 11.6 Å². The number of alkyl halides is 2. The molecule has 2 rings (SSSR count). The van der Waals surface area contributed by atoms with Gasteiger partial charge in [0.25, 0.3) is 5.92 Å². The maximum atomic E-state index is 13.7. The lowest BCUT2D eigenvalue weighted by Gasteiger charge is -2.23. The molecule has 1 aliphatic heterocycles. The number of aliphatic hydroxyl groups excluding tert-OH is 1. The number of rotatable bonds is 1. The fourth-order valence-corrected chi connectivity index (χ4v) is 2.16. The normalized spacial score (nSPS) is 23.1. The van der Waals surface area contributed by atoms with Crippen LogP contribution < -0.4 is 5.32 Å². The number of hydrogen-bond donors (Lipinski definition) is 2. The molecule has 0 fully saturated rings. The Hall–Kier alpha value is -0.870. The molecule has 1 atom stereocenters. The standard InChI is InChI=1S/C11H12ClF2NO/c12-7-1-2-10-8(5-7)9(6-16)11(13,14)3-4-15-10/h1-2,5,9,15-16H,3-4,6H2/t9-/m1/s1. The van der Waals surface area contributed by atoms with E-state index in [1.165, 1.54) is 6.07 Å². The molecular weight excluding hydrogens is 236 g/mol. The first-order valence-corrected chi connectivity index (χ1v) is 5.44. The zero-order valence-electron chi connectivity index (χ0n) is 8.51. The van der Waals surface area contributed by atoms with Gasteiger partial charge in [-0.15, -0.1) is 0 Å². The van der Waals surface area contributed by atoms with E-state index in [9.17, 15) is 8.78 Å². The van der Waals surface area contributed by atoms with Gasteiger partial charge in [0.2, 0.25) is 0 Å². The van der Waals surface area contributed by atoms with E-state index >= 15 is 0 Å². The quantitative estimate of drug-likeness (QED) is 0.800. The van der Waals surface area contributed by atoms with Crippen LogP contribution in [0.3, 0.4) is 0 Å². The van der Waals surface area contributed by atoms with Crippen LogP contribution in [0, 0.1) is 0 Å². The molecule has 1 heterocycles. The third kappa shape index (κ3) is 1.99. The summed E-state index contributed by atoms with van der Waals surface area (Å²) >= 11 is 5.79. The van der Waals surface area contributed by atoms with Gasteiger partial charge in [0.05, 0.1) is 12.5 Å². The van der Waals surface area contributed by atoms with Gasteiger partial charge in [-0.05, 0) is 23.8 Å². The molecule has 0 aromatic heterocycles. The van der Waals surface area contributed by atoms with Crippen molar-refractivity contribution in [2.24, 2.45) is 0 Å². The Morgan fingerprint density at radius 2 is 2.25 bits per heavy atom. The maximum absolute atomic E-state index is 13.7. The topological polar surface area (TPSA) is 32.3 Å². The molecule has 88 valence electrons. The zero-order valence-corrected chi connectivity index (χ0v) is 9.27. The van der Waals surface area contributed by atoms with Crippen LogP contribution in [0.25, 0.3) is 0 Å². The second kappa shape index (κ2) is 4.18. The van der Waals surface area contributed by atoms with Crippen molar-refractivity contribution in [3.63, 3.8) is 0 Å². The number of hydrogen-bond acceptors (Lipinski definition) is 2. The van der Waals surface area contributed by atoms with Crippen molar-refractivity contribution in [3.8, 4) is 0 Å². The highest BCUT2D eigenvalue weighted by molar-refractivity contribution is 6.30. The molecule has 1 aromatic carbocycles. The molecule has 1 aromatic rings. The molecule has 16 heavy (non-hydrogen) atoms. The molecule has 2 nitrogen and oxygen atoms in total. The number of aliphatic hydroxyl groups is 1. The van der Waals surface area contributed by atoms with Gasteiger partial charge in [0.15, 0.2) is 0 Å². The summed E-state index contributed by atoms with van der Waals surface area (Å²) in [6.45, 7) is -0.389. The molecule has 0 amide bonds. The molecule has 0 spiro atoms. The number of anilines is 1. The number of fused-ring (bicyclic) bond motifs is 1. The second-order valence-corrected chi connectivity index (χ2v) is 4.34. The largest absolute Gasteiger partial charge is 0.396 e. The Kier molecular flexibility index (Phi) is 3.04. The van der Waals surface area contributed by atoms with Gasteiger partial charge in [-0.3, -0.25) is 0 Å². The molecule has 5 heteroatoms. The molecule has 0 aliphatic carbocycles. The van der Waals surface area contributed by atoms with Crippen LogP contribution in [-0.4, -0.2) is 24.2 Å². The van der Waals surface area contributed by atoms with Crippen molar-refractivity contribution in [2.45, 2.75) is 18.3 Å². The van der Waals surface area contributed by atoms with Crippen LogP contribution >= 0.6 is 11.6 Å². The monoisotopic (exact) mass is 247 g/mol. The van der Waals surface area contributed by atoms with Crippen molar-refractivity contribution >= 4 is 17.3 Å². The number of nitrogens with one attached hydrogen (secondary N) is 1. The van der Waals surface area contributed by atoms with E-state index in [-0.39, 0.29) is 13.0 Å². The van der Waals surface area contributed by atoms with Gasteiger partial charge in [0.1, 0.15) is 0 Å². The van der Waals surface area contributed by atoms with Crippen LogP contribution in [0.5, 0.6) is 0 Å². The Morgan fingerprint density at radius 1 is 1.50 bits per heavy atom. The summed E-state index contributed by atoms with van der Waals surface area (Å²) in [6, 6.07) is 4.80. The highest BCUT2D eigenvalue weighted by atomic mass is 35.5. The average molecular weight is 248 g/mol. The maximum Gasteiger partial charge on any atom is 0.258 e. The van der Waals surface area contributed by atoms with Gasteiger partial charge >= 0.3 is 0 Å². The first kappa shape index (κ1) is 11.6. The highest BCUT2D eigenvalue weighted by Crippen LogP contribution is 2.42. The van der Waals surface area contributed by atoms with Crippen LogP contribution in [0.4, 0.5) is 14.5 Å². The van der Waals surface area contributed by atoms with Crippen molar-refractivity contribution in [1.29, 1.82) is 0 Å². The van der Waals surface area contributed by atoms with Crippen LogP contribution in [-0.2, 0) is 0 Å². The van der Waals surface area contributed by atoms with E-state index in [4.69, 9.17) is 16.7 Å². The number of benzene rings is 1. The lowest BCUT2D eigenvalue weighted by atomic mass is 9.91. The Labute approximate surface area is 97.2 Å². The Morgan fingerprint density at radius 3 is 2.94 bits per heavy atom. The van der Waals surface area contributed by atoms with E-state index in [0.717, 1.165) is 0 Å². The second-order valence-electron chi connectivity index (χ2n) is 3.90. The van der Waals surface area contributed by atoms with Gasteiger partial charge in [-0.25, -0.2) is 8.78 Å². The molecule has 0 bridgehead atoms. The zero-order chi connectivity index (χ0) is 11.8. The summed E-state index contributed by atoms with van der Waals surface area (Å²) in [5.41, 5.74) is 1.01. The fraction of sp³-hybridized carbons (Fsp3) is 0.455. The molecule has 2 N–H and O–H groups in total. The van der Waals surface area contributed by atoms with Gasteiger partial charge < -0.3 is 10.4 Å². The third-order valence-corrected chi connectivity index (χ3v) is 3.09. The predicted molar refractivity (Wildman–Crippen MR) is 59.3 cm³/mol. The van der Waals surface area contributed by atoms with Crippen LogP contribution in [0.1, 0.15) is 17.9 Å². The summed E-state index contributed by atoms with van der Waals surface area (Å²) in [4.78, 5) is 0. The summed E-state index contributed by atoms with van der Waals surface area (Å²) < 4.78 is 27.4. The van der Waals surface area contributed by atoms with Gasteiger partial charge in [0, 0.05) is 23.7 Å². The van der Waals surface area contributed by atoms with E-state index < -0.39 is 18.4 Å². The van der Waals surface area contributed by atoms with E-state index in [0.29, 0.717) is 16.3 Å². The Bertz CT molecular complexity index is 398. The Balaban J connectivity index is 2.51. The average Bonchev–Trinajstić information content (AvgIpc) is 2.32. The molecule has 1 aliphatic rings. The predicted octanol–water partition coefficient (Wildman–Crippen LogP) is 2.87. The molecule has 0 saturated heterocycles. The molecular formula is C11H12ClF2NO. The summed E-state index contributed by atoms with van der Waals surface area (Å²) in [7, 11) is 0. The summed E-state index contributed by atoms with van der Waals surface area (Å²) in [5.74, 6) is -4.09. The fourth-order valence-electron chi connectivity index (χ4n) is 1.98. The minimum absolute atomic E-state index is 0.193. The summed E-state index contributed by atoms with van der Waals surface area (Å²) in [5, 5.41) is 12.5. The van der Waals surface area contributed by atoms with E-state index in [2.05, 4.69) is 5.32 Å². The third-order valence-electron chi connectivity index (χ3n) is 2.86. The minimum atomic E-state index is -2.91.